The number of hydrogen-bond acceptors (Lipinski definition) is 3. The molecule has 2 fully saturated rings. The van der Waals surface area contributed by atoms with Gasteiger partial charge in [-0.05, 0) is 61.4 Å². The Morgan fingerprint density at radius 1 is 1.03 bits per heavy atom. The van der Waals surface area contributed by atoms with Gasteiger partial charge in [0, 0.05) is 49.6 Å². The third-order valence-electron chi connectivity index (χ3n) is 6.70. The fraction of sp³-hybridized carbons (Fsp3) is 0.480. The molecule has 30 heavy (non-hydrogen) atoms. The SMILES string of the molecule is CC1CCN(c2ccc(NC(=O)NCC3(c4ccccc4)CCOCC3)cc2)CC1. The van der Waals surface area contributed by atoms with Gasteiger partial charge in [-0.1, -0.05) is 37.3 Å². The van der Waals surface area contributed by atoms with Gasteiger partial charge in [-0.3, -0.25) is 0 Å². The van der Waals surface area contributed by atoms with Crippen molar-refractivity contribution in [1.29, 1.82) is 0 Å². The molecule has 2 N–H and O–H groups in total. The van der Waals surface area contributed by atoms with E-state index >= 15 is 0 Å². The van der Waals surface area contributed by atoms with E-state index in [2.05, 4.69) is 58.9 Å². The van der Waals surface area contributed by atoms with Crippen molar-refractivity contribution in [3.05, 3.63) is 60.2 Å². The number of amides is 2. The zero-order chi connectivity index (χ0) is 20.8. The molecule has 2 aliphatic rings. The second-order valence-corrected chi connectivity index (χ2v) is 8.78. The maximum atomic E-state index is 12.6. The summed E-state index contributed by atoms with van der Waals surface area (Å²) in [5, 5.41) is 6.09. The summed E-state index contributed by atoms with van der Waals surface area (Å²) in [5.41, 5.74) is 3.26. The molecule has 0 radical (unpaired) electrons. The van der Waals surface area contributed by atoms with E-state index in [1.165, 1.54) is 24.1 Å². The van der Waals surface area contributed by atoms with Crippen LogP contribution in [0.4, 0.5) is 16.2 Å². The lowest BCUT2D eigenvalue weighted by Gasteiger charge is -2.38. The number of anilines is 2. The molecular formula is C25H33N3O2. The molecule has 2 aliphatic heterocycles. The van der Waals surface area contributed by atoms with E-state index in [1.54, 1.807) is 0 Å². The van der Waals surface area contributed by atoms with Crippen molar-refractivity contribution in [2.75, 3.05) is 43.1 Å². The number of hydrogen-bond donors (Lipinski definition) is 2. The van der Waals surface area contributed by atoms with Gasteiger partial charge in [-0.15, -0.1) is 0 Å². The fourth-order valence-electron chi connectivity index (χ4n) is 4.57. The van der Waals surface area contributed by atoms with Crippen LogP contribution in [-0.4, -0.2) is 38.9 Å². The lowest BCUT2D eigenvalue weighted by Crippen LogP contribution is -2.45. The van der Waals surface area contributed by atoms with E-state index < -0.39 is 0 Å². The highest BCUT2D eigenvalue weighted by molar-refractivity contribution is 5.89. The van der Waals surface area contributed by atoms with Crippen LogP contribution in [0.1, 0.15) is 38.2 Å². The van der Waals surface area contributed by atoms with Crippen LogP contribution in [0, 0.1) is 5.92 Å². The zero-order valence-corrected chi connectivity index (χ0v) is 17.9. The Kier molecular flexibility index (Phi) is 6.58. The average molecular weight is 408 g/mol. The number of ether oxygens (including phenoxy) is 1. The smallest absolute Gasteiger partial charge is 0.319 e. The first-order valence-electron chi connectivity index (χ1n) is 11.2. The maximum absolute atomic E-state index is 12.6. The van der Waals surface area contributed by atoms with Gasteiger partial charge in [0.2, 0.25) is 0 Å². The number of carbonyl (C=O) groups excluding carboxylic acids is 1. The first-order valence-corrected chi connectivity index (χ1v) is 11.2. The monoisotopic (exact) mass is 407 g/mol. The van der Waals surface area contributed by atoms with E-state index in [1.807, 2.05) is 18.2 Å². The topological polar surface area (TPSA) is 53.6 Å². The van der Waals surface area contributed by atoms with Crippen LogP contribution >= 0.6 is 0 Å². The summed E-state index contributed by atoms with van der Waals surface area (Å²) in [5.74, 6) is 0.820. The predicted molar refractivity (Wildman–Crippen MR) is 122 cm³/mol. The Morgan fingerprint density at radius 2 is 1.70 bits per heavy atom. The van der Waals surface area contributed by atoms with Crippen LogP contribution in [0.15, 0.2) is 54.6 Å². The molecule has 160 valence electrons. The highest BCUT2D eigenvalue weighted by Gasteiger charge is 2.34. The largest absolute Gasteiger partial charge is 0.381 e. The van der Waals surface area contributed by atoms with Crippen LogP contribution in [-0.2, 0) is 10.2 Å². The molecule has 0 atom stereocenters. The minimum Gasteiger partial charge on any atom is -0.381 e. The number of piperidine rings is 1. The minimum absolute atomic E-state index is 0.0634. The summed E-state index contributed by atoms with van der Waals surface area (Å²) >= 11 is 0. The molecular weight excluding hydrogens is 374 g/mol. The average Bonchev–Trinajstić information content (AvgIpc) is 2.80. The van der Waals surface area contributed by atoms with Gasteiger partial charge >= 0.3 is 6.03 Å². The molecule has 2 aromatic rings. The van der Waals surface area contributed by atoms with Crippen molar-refractivity contribution in [3.8, 4) is 0 Å². The Labute approximate surface area is 179 Å². The molecule has 5 heteroatoms. The summed E-state index contributed by atoms with van der Waals surface area (Å²) in [7, 11) is 0. The molecule has 4 rings (SSSR count). The van der Waals surface area contributed by atoms with Crippen LogP contribution in [0.5, 0.6) is 0 Å². The summed E-state index contributed by atoms with van der Waals surface area (Å²) in [6.07, 6.45) is 4.33. The lowest BCUT2D eigenvalue weighted by atomic mass is 9.74. The van der Waals surface area contributed by atoms with Crippen LogP contribution in [0.2, 0.25) is 0 Å². The molecule has 2 heterocycles. The summed E-state index contributed by atoms with van der Waals surface area (Å²) in [6, 6.07) is 18.5. The molecule has 0 aliphatic carbocycles. The Balaban J connectivity index is 1.34. The van der Waals surface area contributed by atoms with Gasteiger partial charge in [0.1, 0.15) is 0 Å². The van der Waals surface area contributed by atoms with Gasteiger partial charge in [0.25, 0.3) is 0 Å². The van der Waals surface area contributed by atoms with Crippen molar-refractivity contribution >= 4 is 17.4 Å². The molecule has 0 unspecified atom stereocenters. The normalized spacial score (nSPS) is 19.3. The van der Waals surface area contributed by atoms with E-state index in [9.17, 15) is 4.79 Å². The van der Waals surface area contributed by atoms with Crippen molar-refractivity contribution in [2.45, 2.75) is 38.0 Å². The highest BCUT2D eigenvalue weighted by Crippen LogP contribution is 2.34. The van der Waals surface area contributed by atoms with Gasteiger partial charge in [-0.25, -0.2) is 4.79 Å². The van der Waals surface area contributed by atoms with Crippen LogP contribution in [0.25, 0.3) is 0 Å². The van der Waals surface area contributed by atoms with E-state index in [-0.39, 0.29) is 11.4 Å². The summed E-state index contributed by atoms with van der Waals surface area (Å²) in [6.45, 7) is 6.62. The van der Waals surface area contributed by atoms with Gasteiger partial charge in [-0.2, -0.15) is 0 Å². The Morgan fingerprint density at radius 3 is 2.37 bits per heavy atom. The van der Waals surface area contributed by atoms with Crippen molar-refractivity contribution < 1.29 is 9.53 Å². The Bertz CT molecular complexity index is 808. The first-order chi connectivity index (χ1) is 14.6. The minimum atomic E-state index is -0.156. The maximum Gasteiger partial charge on any atom is 0.319 e. The number of nitrogens with one attached hydrogen (secondary N) is 2. The van der Waals surface area contributed by atoms with Crippen molar-refractivity contribution in [2.24, 2.45) is 5.92 Å². The second kappa shape index (κ2) is 9.52. The van der Waals surface area contributed by atoms with E-state index in [4.69, 9.17) is 4.74 Å². The van der Waals surface area contributed by atoms with Crippen molar-refractivity contribution in [1.82, 2.24) is 5.32 Å². The lowest BCUT2D eigenvalue weighted by molar-refractivity contribution is 0.0508. The second-order valence-electron chi connectivity index (χ2n) is 8.78. The summed E-state index contributed by atoms with van der Waals surface area (Å²) in [4.78, 5) is 15.0. The predicted octanol–water partition coefficient (Wildman–Crippen LogP) is 4.79. The number of rotatable bonds is 5. The van der Waals surface area contributed by atoms with Gasteiger partial charge < -0.3 is 20.3 Å². The quantitative estimate of drug-likeness (QED) is 0.749. The fourth-order valence-corrected chi connectivity index (χ4v) is 4.57. The number of benzene rings is 2. The first kappa shape index (κ1) is 20.7. The Hall–Kier alpha value is -2.53. The third kappa shape index (κ3) is 4.96. The molecule has 5 nitrogen and oxygen atoms in total. The van der Waals surface area contributed by atoms with E-state index in [0.717, 1.165) is 50.8 Å². The van der Waals surface area contributed by atoms with Gasteiger partial charge in [0.05, 0.1) is 0 Å². The standard InChI is InChI=1S/C25H33N3O2/c1-20-11-15-28(16-12-20)23-9-7-22(8-10-23)27-24(29)26-19-25(13-17-30-18-14-25)21-5-3-2-4-6-21/h2-10,20H,11-19H2,1H3,(H2,26,27,29). The molecule has 0 spiro atoms. The zero-order valence-electron chi connectivity index (χ0n) is 17.9. The van der Waals surface area contributed by atoms with Gasteiger partial charge in [0.15, 0.2) is 0 Å². The number of urea groups is 1. The molecule has 0 saturated carbocycles. The van der Waals surface area contributed by atoms with E-state index in [0.29, 0.717) is 6.54 Å². The molecule has 0 bridgehead atoms. The molecule has 2 saturated heterocycles. The van der Waals surface area contributed by atoms with Crippen molar-refractivity contribution in [3.63, 3.8) is 0 Å². The summed E-state index contributed by atoms with van der Waals surface area (Å²) < 4.78 is 5.58. The number of carbonyl (C=O) groups is 1. The van der Waals surface area contributed by atoms with Crippen LogP contribution < -0.4 is 15.5 Å². The third-order valence-corrected chi connectivity index (χ3v) is 6.70. The van der Waals surface area contributed by atoms with Crippen LogP contribution in [0.3, 0.4) is 0 Å². The number of nitrogens with zero attached hydrogens (tertiary/aromatic N) is 1. The highest BCUT2D eigenvalue weighted by atomic mass is 16.5. The molecule has 0 aromatic heterocycles. The molecule has 2 amide bonds. The molecule has 2 aromatic carbocycles.